The topological polar surface area (TPSA) is 72.5 Å². The summed E-state index contributed by atoms with van der Waals surface area (Å²) < 4.78 is 7.36. The molecule has 0 saturated carbocycles. The van der Waals surface area contributed by atoms with Gasteiger partial charge in [0.25, 0.3) is 0 Å². The second kappa shape index (κ2) is 3.33. The first-order valence-electron chi connectivity index (χ1n) is 4.07. The molecule has 0 bridgehead atoms. The van der Waals surface area contributed by atoms with Gasteiger partial charge in [-0.1, -0.05) is 10.3 Å². The predicted octanol–water partition coefficient (Wildman–Crippen LogP) is 0.989. The molecule has 74 valence electrons. The summed E-state index contributed by atoms with van der Waals surface area (Å²) >= 11 is 4.91. The zero-order valence-electron chi connectivity index (χ0n) is 7.81. The summed E-state index contributed by atoms with van der Waals surface area (Å²) in [6.07, 6.45) is 0. The van der Waals surface area contributed by atoms with Crippen LogP contribution in [0.2, 0.25) is 0 Å². The monoisotopic (exact) mass is 211 g/mol. The third kappa shape index (κ3) is 1.58. The van der Waals surface area contributed by atoms with Crippen molar-refractivity contribution in [1.29, 1.82) is 0 Å². The minimum atomic E-state index is 0.388. The van der Waals surface area contributed by atoms with E-state index in [4.69, 9.17) is 16.6 Å². The van der Waals surface area contributed by atoms with Gasteiger partial charge >= 0.3 is 0 Å². The SMILES string of the molecule is Cc1nc(Cn2[nH]nnc2=S)oc1C. The summed E-state index contributed by atoms with van der Waals surface area (Å²) in [5.74, 6) is 1.42. The molecule has 0 aliphatic rings. The molecule has 6 nitrogen and oxygen atoms in total. The van der Waals surface area contributed by atoms with E-state index in [9.17, 15) is 0 Å². The van der Waals surface area contributed by atoms with Gasteiger partial charge in [0.1, 0.15) is 12.3 Å². The molecule has 0 fully saturated rings. The van der Waals surface area contributed by atoms with Gasteiger partial charge in [0.15, 0.2) is 0 Å². The Kier molecular flexibility index (Phi) is 2.16. The molecule has 0 saturated heterocycles. The number of hydrogen-bond acceptors (Lipinski definition) is 5. The number of hydrogen-bond donors (Lipinski definition) is 1. The van der Waals surface area contributed by atoms with Gasteiger partial charge < -0.3 is 4.42 Å². The van der Waals surface area contributed by atoms with Crippen LogP contribution in [0.5, 0.6) is 0 Å². The lowest BCUT2D eigenvalue weighted by molar-refractivity contribution is 0.441. The quantitative estimate of drug-likeness (QED) is 0.750. The van der Waals surface area contributed by atoms with Gasteiger partial charge in [-0.2, -0.15) is 5.21 Å². The normalized spacial score (nSPS) is 10.7. The summed E-state index contributed by atoms with van der Waals surface area (Å²) in [6.45, 7) is 4.20. The lowest BCUT2D eigenvalue weighted by atomic mass is 10.4. The molecule has 0 aromatic carbocycles. The largest absolute Gasteiger partial charge is 0.444 e. The van der Waals surface area contributed by atoms with Crippen molar-refractivity contribution in [2.45, 2.75) is 20.4 Å². The van der Waals surface area contributed by atoms with Crippen LogP contribution in [0.15, 0.2) is 4.42 Å². The molecule has 0 radical (unpaired) electrons. The summed E-state index contributed by atoms with van der Waals surface area (Å²) in [7, 11) is 0. The molecule has 2 heterocycles. The first-order valence-corrected chi connectivity index (χ1v) is 4.48. The van der Waals surface area contributed by atoms with Gasteiger partial charge in [0.2, 0.25) is 10.7 Å². The Bertz CT molecular complexity index is 477. The van der Waals surface area contributed by atoms with E-state index >= 15 is 0 Å². The summed E-state index contributed by atoms with van der Waals surface area (Å²) in [6, 6.07) is 0. The fourth-order valence-corrected chi connectivity index (χ4v) is 1.21. The summed E-state index contributed by atoms with van der Waals surface area (Å²) in [5, 5.41) is 9.84. The van der Waals surface area contributed by atoms with Crippen molar-refractivity contribution in [2.24, 2.45) is 0 Å². The van der Waals surface area contributed by atoms with Gasteiger partial charge in [-0.3, -0.25) is 0 Å². The van der Waals surface area contributed by atoms with E-state index < -0.39 is 0 Å². The van der Waals surface area contributed by atoms with Crippen molar-refractivity contribution in [3.05, 3.63) is 22.1 Å². The first-order chi connectivity index (χ1) is 6.66. The molecule has 7 heteroatoms. The summed E-state index contributed by atoms with van der Waals surface area (Å²) in [4.78, 5) is 4.22. The van der Waals surface area contributed by atoms with E-state index in [0.717, 1.165) is 11.5 Å². The first kappa shape index (κ1) is 9.07. The molecule has 1 N–H and O–H groups in total. The Labute approximate surface area is 84.9 Å². The van der Waals surface area contributed by atoms with Gasteiger partial charge in [0, 0.05) is 0 Å². The highest BCUT2D eigenvalue weighted by Gasteiger charge is 2.06. The minimum Gasteiger partial charge on any atom is -0.444 e. The van der Waals surface area contributed by atoms with E-state index in [1.165, 1.54) is 0 Å². The molecular formula is C7H9N5OS. The predicted molar refractivity (Wildman–Crippen MR) is 50.3 cm³/mol. The zero-order chi connectivity index (χ0) is 10.1. The van der Waals surface area contributed by atoms with Crippen LogP contribution < -0.4 is 0 Å². The van der Waals surface area contributed by atoms with Crippen LogP contribution in [0, 0.1) is 18.6 Å². The van der Waals surface area contributed by atoms with Crippen molar-refractivity contribution in [3.63, 3.8) is 0 Å². The Balaban J connectivity index is 2.27. The van der Waals surface area contributed by atoms with Crippen LogP contribution in [-0.4, -0.2) is 25.2 Å². The van der Waals surface area contributed by atoms with Crippen LogP contribution in [0.3, 0.4) is 0 Å². The standard InChI is InChI=1S/C7H9N5OS/c1-4-5(2)13-6(8-4)3-12-7(14)9-10-11-12/h3H2,1-2H3,(H,9,11,14). The van der Waals surface area contributed by atoms with Crippen molar-refractivity contribution < 1.29 is 4.42 Å². The second-order valence-corrected chi connectivity index (χ2v) is 3.28. The molecule has 0 spiro atoms. The number of nitrogens with one attached hydrogen (secondary N) is 1. The lowest BCUT2D eigenvalue weighted by Gasteiger charge is -1.93. The highest BCUT2D eigenvalue weighted by molar-refractivity contribution is 7.71. The molecule has 2 aromatic rings. The molecule has 0 aliphatic carbocycles. The average molecular weight is 211 g/mol. The minimum absolute atomic E-state index is 0.388. The van der Waals surface area contributed by atoms with Crippen LogP contribution >= 0.6 is 12.2 Å². The Morgan fingerprint density at radius 3 is 2.79 bits per heavy atom. The number of oxazole rings is 1. The number of aromatic nitrogens is 5. The van der Waals surface area contributed by atoms with Crippen LogP contribution in [0.4, 0.5) is 0 Å². The fraction of sp³-hybridized carbons (Fsp3) is 0.429. The average Bonchev–Trinajstić information content (AvgIpc) is 2.63. The van der Waals surface area contributed by atoms with Gasteiger partial charge in [-0.25, -0.2) is 9.67 Å². The van der Waals surface area contributed by atoms with E-state index in [1.807, 2.05) is 13.8 Å². The number of tetrazole rings is 1. The molecule has 14 heavy (non-hydrogen) atoms. The number of aryl methyl sites for hydroxylation is 2. The summed E-state index contributed by atoms with van der Waals surface area (Å²) in [5.41, 5.74) is 0.888. The highest BCUT2D eigenvalue weighted by Crippen LogP contribution is 2.08. The van der Waals surface area contributed by atoms with Gasteiger partial charge in [0.05, 0.1) is 5.69 Å². The van der Waals surface area contributed by atoms with Gasteiger partial charge in [-0.05, 0) is 26.1 Å². The van der Waals surface area contributed by atoms with Crippen molar-refractivity contribution in [3.8, 4) is 0 Å². The molecule has 0 aliphatic heterocycles. The maximum absolute atomic E-state index is 5.39. The Morgan fingerprint density at radius 2 is 2.29 bits per heavy atom. The van der Waals surface area contributed by atoms with E-state index in [1.54, 1.807) is 4.68 Å². The molecule has 2 rings (SSSR count). The van der Waals surface area contributed by atoms with Crippen LogP contribution in [-0.2, 0) is 6.54 Å². The van der Waals surface area contributed by atoms with Gasteiger partial charge in [-0.15, -0.1) is 0 Å². The number of nitrogens with zero attached hydrogens (tertiary/aromatic N) is 4. The Hall–Kier alpha value is -1.50. The number of rotatable bonds is 2. The van der Waals surface area contributed by atoms with E-state index in [0.29, 0.717) is 17.2 Å². The van der Waals surface area contributed by atoms with Crippen molar-refractivity contribution in [2.75, 3.05) is 0 Å². The van der Waals surface area contributed by atoms with Crippen LogP contribution in [0.1, 0.15) is 17.3 Å². The Morgan fingerprint density at radius 1 is 1.50 bits per heavy atom. The second-order valence-electron chi connectivity index (χ2n) is 2.92. The number of aromatic amines is 1. The van der Waals surface area contributed by atoms with Crippen LogP contribution in [0.25, 0.3) is 0 Å². The maximum Gasteiger partial charge on any atom is 0.238 e. The smallest absolute Gasteiger partial charge is 0.238 e. The molecular weight excluding hydrogens is 202 g/mol. The molecule has 0 amide bonds. The lowest BCUT2D eigenvalue weighted by Crippen LogP contribution is -2.02. The third-order valence-electron chi connectivity index (χ3n) is 1.90. The molecule has 0 atom stereocenters. The maximum atomic E-state index is 5.39. The fourth-order valence-electron chi connectivity index (χ4n) is 1.06. The third-order valence-corrected chi connectivity index (χ3v) is 2.20. The highest BCUT2D eigenvalue weighted by atomic mass is 32.1. The zero-order valence-corrected chi connectivity index (χ0v) is 8.63. The molecule has 2 aromatic heterocycles. The van der Waals surface area contributed by atoms with E-state index in [2.05, 4.69) is 20.5 Å². The number of H-pyrrole nitrogens is 1. The van der Waals surface area contributed by atoms with Crippen molar-refractivity contribution >= 4 is 12.2 Å². The van der Waals surface area contributed by atoms with Crippen molar-refractivity contribution in [1.82, 2.24) is 25.2 Å². The van der Waals surface area contributed by atoms with E-state index in [-0.39, 0.29) is 0 Å². The molecule has 0 unspecified atom stereocenters.